The van der Waals surface area contributed by atoms with Gasteiger partial charge in [-0.15, -0.1) is 0 Å². The third-order valence-electron chi connectivity index (χ3n) is 9.05. The average Bonchev–Trinajstić information content (AvgIpc) is 3.36. The van der Waals surface area contributed by atoms with Gasteiger partial charge in [-0.25, -0.2) is 4.98 Å². The highest BCUT2D eigenvalue weighted by Gasteiger charge is 2.44. The van der Waals surface area contributed by atoms with Gasteiger partial charge < -0.3 is 19.3 Å². The standard InChI is InChI=1S/C33H40ClN3O5/c1-31(2,3)23-17-24(20-7-9-22(34)10-8-20)35-25-18-26(42-27(23)25)29(39)37-16-15-36(19-32(37,4)5)28(38)21-11-13-33(6,14-12-21)30(40)41/h7-10,17-18,21H,11-16,19H2,1-6H3,(H,40,41)/t21-,33+. The second-order valence-electron chi connectivity index (χ2n) is 13.8. The van der Waals surface area contributed by atoms with Crippen LogP contribution in [0.2, 0.25) is 5.02 Å². The van der Waals surface area contributed by atoms with Gasteiger partial charge in [0.1, 0.15) is 5.52 Å². The minimum absolute atomic E-state index is 0.0556. The molecule has 0 spiro atoms. The van der Waals surface area contributed by atoms with Crippen molar-refractivity contribution >= 4 is 40.5 Å². The number of piperazine rings is 1. The summed E-state index contributed by atoms with van der Waals surface area (Å²) < 4.78 is 6.25. The Morgan fingerprint density at radius 3 is 2.24 bits per heavy atom. The summed E-state index contributed by atoms with van der Waals surface area (Å²) in [4.78, 5) is 47.4. The topological polar surface area (TPSA) is 104 Å². The van der Waals surface area contributed by atoms with Crippen LogP contribution in [0.25, 0.3) is 22.4 Å². The molecular weight excluding hydrogens is 554 g/mol. The first-order chi connectivity index (χ1) is 19.6. The molecule has 2 amide bonds. The first kappa shape index (κ1) is 30.1. The molecule has 8 nitrogen and oxygen atoms in total. The molecule has 5 rings (SSSR count). The number of halogens is 1. The number of aliphatic carboxylic acids is 1. The molecule has 1 N–H and O–H groups in total. The lowest BCUT2D eigenvalue weighted by Crippen LogP contribution is -2.62. The lowest BCUT2D eigenvalue weighted by molar-refractivity contribution is -0.153. The van der Waals surface area contributed by atoms with Crippen LogP contribution in [0.4, 0.5) is 0 Å². The molecule has 9 heteroatoms. The highest BCUT2D eigenvalue weighted by Crippen LogP contribution is 2.40. The zero-order valence-corrected chi connectivity index (χ0v) is 26.0. The maximum absolute atomic E-state index is 13.9. The van der Waals surface area contributed by atoms with E-state index in [1.807, 2.05) is 49.1 Å². The van der Waals surface area contributed by atoms with Crippen LogP contribution in [0.15, 0.2) is 40.8 Å². The zero-order valence-electron chi connectivity index (χ0n) is 25.3. The molecule has 3 heterocycles. The average molecular weight is 594 g/mol. The summed E-state index contributed by atoms with van der Waals surface area (Å²) in [7, 11) is 0. The van der Waals surface area contributed by atoms with Crippen molar-refractivity contribution in [2.45, 2.75) is 78.2 Å². The molecular formula is C33H40ClN3O5. The number of rotatable bonds is 4. The van der Waals surface area contributed by atoms with Crippen LogP contribution in [-0.2, 0) is 15.0 Å². The third kappa shape index (κ3) is 5.65. The smallest absolute Gasteiger partial charge is 0.309 e. The molecule has 42 heavy (non-hydrogen) atoms. The minimum atomic E-state index is -0.793. The van der Waals surface area contributed by atoms with E-state index in [1.54, 1.807) is 17.9 Å². The highest BCUT2D eigenvalue weighted by atomic mass is 35.5. The molecule has 0 bridgehead atoms. The van der Waals surface area contributed by atoms with Gasteiger partial charge in [-0.1, -0.05) is 44.5 Å². The van der Waals surface area contributed by atoms with Crippen molar-refractivity contribution in [1.82, 2.24) is 14.8 Å². The lowest BCUT2D eigenvalue weighted by atomic mass is 9.71. The Hall–Kier alpha value is -3.39. The van der Waals surface area contributed by atoms with Gasteiger partial charge in [-0.3, -0.25) is 14.4 Å². The monoisotopic (exact) mass is 593 g/mol. The van der Waals surface area contributed by atoms with Gasteiger partial charge in [-0.2, -0.15) is 0 Å². The Labute approximate surface area is 252 Å². The SMILES string of the molecule is CC(C)(C)c1cc(-c2ccc(Cl)cc2)nc2cc(C(=O)N3CCN(C(=O)[C@H]4CC[C@@](C)(C(=O)O)CC4)CC3(C)C)oc12. The zero-order chi connectivity index (χ0) is 30.6. The number of carbonyl (C=O) groups excluding carboxylic acids is 2. The summed E-state index contributed by atoms with van der Waals surface area (Å²) in [5.41, 5.74) is 2.24. The van der Waals surface area contributed by atoms with Crippen molar-refractivity contribution in [2.75, 3.05) is 19.6 Å². The molecule has 0 radical (unpaired) electrons. The Bertz CT molecular complexity index is 1530. The quantitative estimate of drug-likeness (QED) is 0.357. The summed E-state index contributed by atoms with van der Waals surface area (Å²) in [5, 5.41) is 10.2. The maximum atomic E-state index is 13.9. The van der Waals surface area contributed by atoms with Crippen LogP contribution in [0.1, 0.15) is 83.3 Å². The Morgan fingerprint density at radius 2 is 1.67 bits per heavy atom. The molecule has 3 aromatic rings. The highest BCUT2D eigenvalue weighted by molar-refractivity contribution is 6.30. The maximum Gasteiger partial charge on any atom is 0.309 e. The number of benzene rings is 1. The number of nitrogens with zero attached hydrogens (tertiary/aromatic N) is 3. The van der Waals surface area contributed by atoms with Crippen molar-refractivity contribution in [2.24, 2.45) is 11.3 Å². The van der Waals surface area contributed by atoms with Gasteiger partial charge in [0.05, 0.1) is 16.6 Å². The van der Waals surface area contributed by atoms with Gasteiger partial charge in [0.15, 0.2) is 11.3 Å². The number of amides is 2. The number of pyridine rings is 1. The first-order valence-corrected chi connectivity index (χ1v) is 15.0. The largest absolute Gasteiger partial charge is 0.481 e. The van der Waals surface area contributed by atoms with E-state index in [0.29, 0.717) is 61.4 Å². The summed E-state index contributed by atoms with van der Waals surface area (Å²) in [6, 6.07) is 11.3. The van der Waals surface area contributed by atoms with Gasteiger partial charge in [0.2, 0.25) is 5.91 Å². The molecule has 0 atom stereocenters. The van der Waals surface area contributed by atoms with Crippen LogP contribution in [0, 0.1) is 11.3 Å². The fourth-order valence-electron chi connectivity index (χ4n) is 6.28. The van der Waals surface area contributed by atoms with Crippen LogP contribution >= 0.6 is 11.6 Å². The van der Waals surface area contributed by atoms with Gasteiger partial charge >= 0.3 is 5.97 Å². The van der Waals surface area contributed by atoms with Crippen molar-refractivity contribution in [3.63, 3.8) is 0 Å². The third-order valence-corrected chi connectivity index (χ3v) is 9.30. The second-order valence-corrected chi connectivity index (χ2v) is 14.2. The van der Waals surface area contributed by atoms with Crippen LogP contribution in [0.3, 0.4) is 0 Å². The van der Waals surface area contributed by atoms with Crippen molar-refractivity contribution in [3.8, 4) is 11.3 Å². The van der Waals surface area contributed by atoms with Gasteiger partial charge in [0, 0.05) is 47.8 Å². The molecule has 1 saturated heterocycles. The molecule has 1 aliphatic heterocycles. The van der Waals surface area contributed by atoms with E-state index in [-0.39, 0.29) is 28.9 Å². The summed E-state index contributed by atoms with van der Waals surface area (Å²) >= 11 is 6.10. The predicted molar refractivity (Wildman–Crippen MR) is 163 cm³/mol. The van der Waals surface area contributed by atoms with Crippen molar-refractivity contribution in [1.29, 1.82) is 0 Å². The molecule has 2 aliphatic rings. The van der Waals surface area contributed by atoms with E-state index >= 15 is 0 Å². The van der Waals surface area contributed by atoms with E-state index < -0.39 is 16.9 Å². The van der Waals surface area contributed by atoms with Crippen molar-refractivity contribution in [3.05, 3.63) is 52.7 Å². The lowest BCUT2D eigenvalue weighted by Gasteiger charge is -2.48. The van der Waals surface area contributed by atoms with E-state index in [4.69, 9.17) is 21.0 Å². The van der Waals surface area contributed by atoms with Crippen LogP contribution < -0.4 is 0 Å². The van der Waals surface area contributed by atoms with E-state index in [0.717, 1.165) is 16.8 Å². The van der Waals surface area contributed by atoms with Crippen molar-refractivity contribution < 1.29 is 23.9 Å². The van der Waals surface area contributed by atoms with Gasteiger partial charge in [-0.05, 0) is 70.1 Å². The summed E-state index contributed by atoms with van der Waals surface area (Å²) in [6.07, 6.45) is 2.14. The summed E-state index contributed by atoms with van der Waals surface area (Å²) in [5.74, 6) is -0.918. The fourth-order valence-corrected chi connectivity index (χ4v) is 6.41. The fraction of sp³-hybridized carbons (Fsp3) is 0.515. The van der Waals surface area contributed by atoms with E-state index in [2.05, 4.69) is 20.8 Å². The van der Waals surface area contributed by atoms with Gasteiger partial charge in [0.25, 0.3) is 5.91 Å². The normalized spacial score (nSPS) is 22.8. The number of carboxylic acid groups (broad SMARTS) is 1. The van der Waals surface area contributed by atoms with Crippen LogP contribution in [0.5, 0.6) is 0 Å². The number of aromatic nitrogens is 1. The Balaban J connectivity index is 1.36. The molecule has 2 aromatic heterocycles. The predicted octanol–water partition coefficient (Wildman–Crippen LogP) is 6.79. The number of fused-ring (bicyclic) bond motifs is 1. The Morgan fingerprint density at radius 1 is 1.02 bits per heavy atom. The number of carbonyl (C=O) groups is 3. The molecule has 1 aliphatic carbocycles. The summed E-state index contributed by atoms with van der Waals surface area (Å²) in [6.45, 7) is 13.2. The molecule has 1 aromatic carbocycles. The molecule has 0 unspecified atom stereocenters. The van der Waals surface area contributed by atoms with Crippen LogP contribution in [-0.4, -0.2) is 62.8 Å². The number of carboxylic acids is 1. The molecule has 2 fully saturated rings. The number of furan rings is 1. The second kappa shape index (κ2) is 10.7. The minimum Gasteiger partial charge on any atom is -0.481 e. The van der Waals surface area contributed by atoms with E-state index in [1.165, 1.54) is 0 Å². The first-order valence-electron chi connectivity index (χ1n) is 14.6. The number of hydrogen-bond acceptors (Lipinski definition) is 5. The van der Waals surface area contributed by atoms with E-state index in [9.17, 15) is 19.5 Å². The molecule has 1 saturated carbocycles. The molecule has 224 valence electrons. The number of hydrogen-bond donors (Lipinski definition) is 1. The Kier molecular flexibility index (Phi) is 7.67.